The number of aliphatic hydroxyl groups is 1. The molecule has 0 saturated carbocycles. The van der Waals surface area contributed by atoms with Crippen LogP contribution in [0.25, 0.3) is 0 Å². The van der Waals surface area contributed by atoms with Crippen LogP contribution in [0.1, 0.15) is 31.1 Å². The first-order chi connectivity index (χ1) is 9.51. The highest BCUT2D eigenvalue weighted by atomic mass is 35.5. The number of esters is 1. The van der Waals surface area contributed by atoms with Gasteiger partial charge in [-0.3, -0.25) is 0 Å². The highest BCUT2D eigenvalue weighted by molar-refractivity contribution is 6.32. The lowest BCUT2D eigenvalue weighted by Gasteiger charge is -2.19. The van der Waals surface area contributed by atoms with Crippen molar-refractivity contribution in [2.24, 2.45) is 0 Å². The van der Waals surface area contributed by atoms with Crippen LogP contribution in [0.5, 0.6) is 11.5 Å². The van der Waals surface area contributed by atoms with Crippen molar-refractivity contribution in [2.75, 3.05) is 20.8 Å². The van der Waals surface area contributed by atoms with Gasteiger partial charge < -0.3 is 19.3 Å². The number of carbonyl (C=O) groups is 1. The first-order valence-corrected chi connectivity index (χ1v) is 6.67. The van der Waals surface area contributed by atoms with Gasteiger partial charge in [0.15, 0.2) is 17.6 Å². The maximum Gasteiger partial charge on any atom is 0.339 e. The summed E-state index contributed by atoms with van der Waals surface area (Å²) in [4.78, 5) is 11.7. The molecule has 1 unspecified atom stereocenters. The predicted molar refractivity (Wildman–Crippen MR) is 75.5 cm³/mol. The third kappa shape index (κ3) is 3.16. The lowest BCUT2D eigenvalue weighted by Crippen LogP contribution is -2.17. The minimum atomic E-state index is -1.40. The maximum absolute atomic E-state index is 11.7. The Hall–Kier alpha value is -1.46. The molecule has 0 aliphatic heterocycles. The quantitative estimate of drug-likeness (QED) is 0.818. The molecule has 1 aromatic carbocycles. The van der Waals surface area contributed by atoms with Crippen LogP contribution >= 0.6 is 11.6 Å². The van der Waals surface area contributed by atoms with E-state index in [2.05, 4.69) is 0 Å². The number of carbonyl (C=O) groups excluding carboxylic acids is 1. The fourth-order valence-electron chi connectivity index (χ4n) is 2.03. The Labute approximate surface area is 123 Å². The van der Waals surface area contributed by atoms with Crippen molar-refractivity contribution in [3.8, 4) is 11.5 Å². The second kappa shape index (κ2) is 7.36. The summed E-state index contributed by atoms with van der Waals surface area (Å²) in [5.41, 5.74) is 1.03. The largest absolute Gasteiger partial charge is 0.493 e. The van der Waals surface area contributed by atoms with Crippen LogP contribution in [0, 0.1) is 0 Å². The molecule has 0 spiro atoms. The molecule has 6 heteroatoms. The molecule has 0 aromatic heterocycles. The molecule has 0 fully saturated rings. The van der Waals surface area contributed by atoms with E-state index in [-0.39, 0.29) is 11.6 Å². The predicted octanol–water partition coefficient (Wildman–Crippen LogP) is 2.52. The third-order valence-corrected chi connectivity index (χ3v) is 3.17. The number of rotatable bonds is 6. The van der Waals surface area contributed by atoms with Gasteiger partial charge in [0.2, 0.25) is 0 Å². The van der Waals surface area contributed by atoms with Gasteiger partial charge >= 0.3 is 5.97 Å². The SMILES string of the molecule is CCOC(=O)C(O)c1cc(Cl)c(OC)c(OC)c1CC. The molecule has 0 amide bonds. The zero-order valence-corrected chi connectivity index (χ0v) is 12.8. The number of halogens is 1. The van der Waals surface area contributed by atoms with Crippen molar-refractivity contribution in [3.63, 3.8) is 0 Å². The normalized spacial score (nSPS) is 11.9. The van der Waals surface area contributed by atoms with Crippen molar-refractivity contribution >= 4 is 17.6 Å². The summed E-state index contributed by atoms with van der Waals surface area (Å²) < 4.78 is 15.3. The molecule has 1 rings (SSSR count). The summed E-state index contributed by atoms with van der Waals surface area (Å²) in [7, 11) is 2.96. The molecular weight excluding hydrogens is 284 g/mol. The lowest BCUT2D eigenvalue weighted by molar-refractivity contribution is -0.153. The van der Waals surface area contributed by atoms with Crippen LogP contribution in [-0.2, 0) is 16.0 Å². The molecule has 0 heterocycles. The van der Waals surface area contributed by atoms with Gasteiger partial charge in [-0.05, 0) is 19.4 Å². The Morgan fingerprint density at radius 3 is 2.35 bits per heavy atom. The molecule has 5 nitrogen and oxygen atoms in total. The number of benzene rings is 1. The van der Waals surface area contributed by atoms with Crippen molar-refractivity contribution in [1.82, 2.24) is 0 Å². The van der Waals surface area contributed by atoms with E-state index in [0.717, 1.165) is 0 Å². The number of hydrogen-bond donors (Lipinski definition) is 1. The van der Waals surface area contributed by atoms with Crippen molar-refractivity contribution in [3.05, 3.63) is 22.2 Å². The Balaban J connectivity index is 3.39. The summed E-state index contributed by atoms with van der Waals surface area (Å²) >= 11 is 6.10. The first-order valence-electron chi connectivity index (χ1n) is 6.29. The van der Waals surface area contributed by atoms with E-state index in [1.54, 1.807) is 6.92 Å². The van der Waals surface area contributed by atoms with E-state index in [0.29, 0.717) is 29.0 Å². The Kier molecular flexibility index (Phi) is 6.10. The number of methoxy groups -OCH3 is 2. The number of hydrogen-bond acceptors (Lipinski definition) is 5. The smallest absolute Gasteiger partial charge is 0.339 e. The summed E-state index contributed by atoms with van der Waals surface area (Å²) in [6.45, 7) is 3.75. The maximum atomic E-state index is 11.7. The second-order valence-electron chi connectivity index (χ2n) is 4.00. The molecule has 0 aliphatic carbocycles. The lowest BCUT2D eigenvalue weighted by atomic mass is 9.98. The Bertz CT molecular complexity index is 487. The van der Waals surface area contributed by atoms with Crippen LogP contribution in [0.2, 0.25) is 5.02 Å². The van der Waals surface area contributed by atoms with Gasteiger partial charge in [-0.25, -0.2) is 4.79 Å². The van der Waals surface area contributed by atoms with Gasteiger partial charge in [-0.2, -0.15) is 0 Å². The average Bonchev–Trinajstić information content (AvgIpc) is 2.45. The van der Waals surface area contributed by atoms with Crippen molar-refractivity contribution in [2.45, 2.75) is 26.4 Å². The Morgan fingerprint density at radius 1 is 1.30 bits per heavy atom. The molecular formula is C14H19ClO5. The minimum Gasteiger partial charge on any atom is -0.493 e. The zero-order chi connectivity index (χ0) is 15.3. The van der Waals surface area contributed by atoms with Crippen LogP contribution in [-0.4, -0.2) is 31.9 Å². The van der Waals surface area contributed by atoms with E-state index < -0.39 is 12.1 Å². The average molecular weight is 303 g/mol. The van der Waals surface area contributed by atoms with Gasteiger partial charge in [-0.1, -0.05) is 18.5 Å². The molecule has 0 radical (unpaired) electrons. The van der Waals surface area contributed by atoms with E-state index in [1.807, 2.05) is 6.92 Å². The van der Waals surface area contributed by atoms with Crippen molar-refractivity contribution < 1.29 is 24.1 Å². The standard InChI is InChI=1S/C14H19ClO5/c1-5-8-9(11(16)14(17)20-6-2)7-10(15)13(19-4)12(8)18-3/h7,11,16H,5-6H2,1-4H3. The van der Waals surface area contributed by atoms with Gasteiger partial charge in [0, 0.05) is 11.1 Å². The first kappa shape index (κ1) is 16.6. The van der Waals surface area contributed by atoms with E-state index in [9.17, 15) is 9.90 Å². The molecule has 0 saturated heterocycles. The van der Waals surface area contributed by atoms with Gasteiger partial charge in [-0.15, -0.1) is 0 Å². The summed E-state index contributed by atoms with van der Waals surface area (Å²) in [5, 5.41) is 10.4. The van der Waals surface area contributed by atoms with E-state index in [1.165, 1.54) is 20.3 Å². The van der Waals surface area contributed by atoms with Crippen molar-refractivity contribution in [1.29, 1.82) is 0 Å². The summed E-state index contributed by atoms with van der Waals surface area (Å²) in [6.07, 6.45) is -0.857. The molecule has 1 N–H and O–H groups in total. The molecule has 0 bridgehead atoms. The van der Waals surface area contributed by atoms with Gasteiger partial charge in [0.05, 0.1) is 25.8 Å². The topological polar surface area (TPSA) is 65.0 Å². The van der Waals surface area contributed by atoms with Crippen LogP contribution in [0.15, 0.2) is 6.07 Å². The minimum absolute atomic E-state index is 0.193. The number of ether oxygens (including phenoxy) is 3. The van der Waals surface area contributed by atoms with E-state index >= 15 is 0 Å². The fraction of sp³-hybridized carbons (Fsp3) is 0.500. The molecule has 1 atom stereocenters. The highest BCUT2D eigenvalue weighted by Gasteiger charge is 2.26. The zero-order valence-electron chi connectivity index (χ0n) is 12.0. The summed E-state index contributed by atoms with van der Waals surface area (Å²) in [5.74, 6) is 0.0807. The monoisotopic (exact) mass is 302 g/mol. The third-order valence-electron chi connectivity index (χ3n) is 2.89. The molecule has 1 aromatic rings. The molecule has 112 valence electrons. The van der Waals surface area contributed by atoms with Crippen LogP contribution in [0.3, 0.4) is 0 Å². The second-order valence-corrected chi connectivity index (χ2v) is 4.41. The molecule has 20 heavy (non-hydrogen) atoms. The van der Waals surface area contributed by atoms with Crippen LogP contribution in [0.4, 0.5) is 0 Å². The summed E-state index contributed by atoms with van der Waals surface area (Å²) in [6, 6.07) is 1.50. The van der Waals surface area contributed by atoms with Crippen LogP contribution < -0.4 is 9.47 Å². The number of aliphatic hydroxyl groups excluding tert-OH is 1. The molecule has 0 aliphatic rings. The van der Waals surface area contributed by atoms with E-state index in [4.69, 9.17) is 25.8 Å². The van der Waals surface area contributed by atoms with Gasteiger partial charge in [0.25, 0.3) is 0 Å². The van der Waals surface area contributed by atoms with Gasteiger partial charge in [0.1, 0.15) is 0 Å². The highest BCUT2D eigenvalue weighted by Crippen LogP contribution is 2.42. The Morgan fingerprint density at radius 2 is 1.90 bits per heavy atom. The fourth-order valence-corrected chi connectivity index (χ4v) is 2.31.